The van der Waals surface area contributed by atoms with E-state index in [0.29, 0.717) is 6.54 Å². The van der Waals surface area contributed by atoms with Crippen LogP contribution in [0.15, 0.2) is 36.7 Å². The minimum atomic E-state index is 0.0151. The van der Waals surface area contributed by atoms with E-state index in [0.717, 1.165) is 55.5 Å². The number of nitrogens with zero attached hydrogens (tertiary/aromatic N) is 4. The molecule has 0 spiro atoms. The number of fused-ring (bicyclic) bond motifs is 1. The molecule has 1 fully saturated rings. The molecule has 2 aromatic rings. The van der Waals surface area contributed by atoms with Crippen molar-refractivity contribution < 1.29 is 9.53 Å². The Morgan fingerprint density at radius 2 is 2.00 bits per heavy atom. The van der Waals surface area contributed by atoms with E-state index in [4.69, 9.17) is 4.74 Å². The second-order valence-corrected chi connectivity index (χ2v) is 6.82. The summed E-state index contributed by atoms with van der Waals surface area (Å²) in [6.45, 7) is 5.74. The van der Waals surface area contributed by atoms with Crippen molar-refractivity contribution in [2.75, 3.05) is 42.9 Å². The van der Waals surface area contributed by atoms with E-state index in [9.17, 15) is 4.79 Å². The Balaban J connectivity index is 1.28. The zero-order valence-electron chi connectivity index (χ0n) is 14.9. The number of anilines is 2. The molecule has 1 saturated heterocycles. The second kappa shape index (κ2) is 7.29. The summed E-state index contributed by atoms with van der Waals surface area (Å²) in [6.07, 6.45) is 4.61. The summed E-state index contributed by atoms with van der Waals surface area (Å²) in [4.78, 5) is 25.3. The Labute approximate surface area is 153 Å². The molecule has 1 N–H and O–H groups in total. The fourth-order valence-electron chi connectivity index (χ4n) is 3.46. The maximum Gasteiger partial charge on any atom is 0.238 e. The maximum atomic E-state index is 12.4. The van der Waals surface area contributed by atoms with Crippen LogP contribution in [0.3, 0.4) is 0 Å². The van der Waals surface area contributed by atoms with Gasteiger partial charge in [-0.3, -0.25) is 9.69 Å². The molecule has 4 rings (SSSR count). The van der Waals surface area contributed by atoms with Gasteiger partial charge < -0.3 is 15.0 Å². The lowest BCUT2D eigenvalue weighted by molar-refractivity contribution is -0.117. The molecule has 3 heterocycles. The number of carbonyl (C=O) groups excluding carboxylic acids is 1. The largest absolute Gasteiger partial charge is 0.490 e. The van der Waals surface area contributed by atoms with Crippen LogP contribution in [0.2, 0.25) is 0 Å². The average molecular weight is 353 g/mol. The van der Waals surface area contributed by atoms with Gasteiger partial charge in [-0.15, -0.1) is 0 Å². The standard InChI is InChI=1S/C19H23N5O2/c1-14-11-15-12-16(3-4-17(15)26-14)22-18(25)13-23-7-9-24(10-8-23)19-20-5-2-6-21-19/h2-6,12,14H,7-11,13H2,1H3,(H,22,25). The minimum Gasteiger partial charge on any atom is -0.490 e. The third kappa shape index (κ3) is 3.77. The van der Waals surface area contributed by atoms with Crippen molar-refractivity contribution in [2.24, 2.45) is 0 Å². The highest BCUT2D eigenvalue weighted by Gasteiger charge is 2.22. The summed E-state index contributed by atoms with van der Waals surface area (Å²) in [5.41, 5.74) is 1.99. The smallest absolute Gasteiger partial charge is 0.238 e. The van der Waals surface area contributed by atoms with Crippen molar-refractivity contribution >= 4 is 17.5 Å². The Morgan fingerprint density at radius 1 is 1.23 bits per heavy atom. The molecule has 136 valence electrons. The molecule has 26 heavy (non-hydrogen) atoms. The monoisotopic (exact) mass is 353 g/mol. The van der Waals surface area contributed by atoms with Gasteiger partial charge in [0, 0.05) is 50.7 Å². The van der Waals surface area contributed by atoms with E-state index in [1.165, 1.54) is 0 Å². The van der Waals surface area contributed by atoms with Crippen LogP contribution in [0, 0.1) is 0 Å². The van der Waals surface area contributed by atoms with Crippen LogP contribution in [0.5, 0.6) is 5.75 Å². The number of aromatic nitrogens is 2. The number of hydrogen-bond donors (Lipinski definition) is 1. The number of rotatable bonds is 4. The van der Waals surface area contributed by atoms with Gasteiger partial charge >= 0.3 is 0 Å². The lowest BCUT2D eigenvalue weighted by Gasteiger charge is -2.34. The fraction of sp³-hybridized carbons (Fsp3) is 0.421. The van der Waals surface area contributed by atoms with Gasteiger partial charge in [0.15, 0.2) is 0 Å². The third-order valence-electron chi connectivity index (χ3n) is 4.75. The Bertz CT molecular complexity index is 775. The zero-order chi connectivity index (χ0) is 17.9. The highest BCUT2D eigenvalue weighted by Crippen LogP contribution is 2.30. The Kier molecular flexibility index (Phi) is 4.71. The number of amides is 1. The molecule has 1 unspecified atom stereocenters. The summed E-state index contributed by atoms with van der Waals surface area (Å²) >= 11 is 0. The molecular formula is C19H23N5O2. The molecule has 0 aliphatic carbocycles. The molecule has 2 aliphatic heterocycles. The first kappa shape index (κ1) is 16.8. The van der Waals surface area contributed by atoms with Gasteiger partial charge in [0.25, 0.3) is 0 Å². The Morgan fingerprint density at radius 3 is 2.77 bits per heavy atom. The predicted molar refractivity (Wildman–Crippen MR) is 99.6 cm³/mol. The second-order valence-electron chi connectivity index (χ2n) is 6.82. The number of benzene rings is 1. The maximum absolute atomic E-state index is 12.4. The van der Waals surface area contributed by atoms with Gasteiger partial charge in [0.05, 0.1) is 6.54 Å². The number of nitrogens with one attached hydrogen (secondary N) is 1. The van der Waals surface area contributed by atoms with Crippen molar-refractivity contribution in [3.05, 3.63) is 42.2 Å². The lowest BCUT2D eigenvalue weighted by Crippen LogP contribution is -2.49. The molecule has 1 aromatic carbocycles. The van der Waals surface area contributed by atoms with Gasteiger partial charge in [0.1, 0.15) is 11.9 Å². The van der Waals surface area contributed by atoms with Crippen molar-refractivity contribution in [3.63, 3.8) is 0 Å². The normalized spacial score (nSPS) is 19.7. The van der Waals surface area contributed by atoms with Crippen LogP contribution in [0.25, 0.3) is 0 Å². The third-order valence-corrected chi connectivity index (χ3v) is 4.75. The molecule has 2 aliphatic rings. The van der Waals surface area contributed by atoms with Crippen LogP contribution in [0.4, 0.5) is 11.6 Å². The van der Waals surface area contributed by atoms with Crippen LogP contribution < -0.4 is 15.0 Å². The molecule has 1 amide bonds. The van der Waals surface area contributed by atoms with Crippen molar-refractivity contribution in [1.82, 2.24) is 14.9 Å². The van der Waals surface area contributed by atoms with Gasteiger partial charge in [0.2, 0.25) is 11.9 Å². The first-order chi connectivity index (χ1) is 12.7. The van der Waals surface area contributed by atoms with Gasteiger partial charge in [-0.1, -0.05) is 0 Å². The highest BCUT2D eigenvalue weighted by atomic mass is 16.5. The molecule has 0 saturated carbocycles. The minimum absolute atomic E-state index is 0.0151. The van der Waals surface area contributed by atoms with Crippen LogP contribution >= 0.6 is 0 Å². The summed E-state index contributed by atoms with van der Waals surface area (Å²) < 4.78 is 5.70. The summed E-state index contributed by atoms with van der Waals surface area (Å²) in [6, 6.07) is 7.67. The number of piperazine rings is 1. The summed E-state index contributed by atoms with van der Waals surface area (Å²) in [7, 11) is 0. The topological polar surface area (TPSA) is 70.6 Å². The van der Waals surface area contributed by atoms with E-state index in [2.05, 4.69) is 32.0 Å². The first-order valence-electron chi connectivity index (χ1n) is 9.01. The first-order valence-corrected chi connectivity index (χ1v) is 9.01. The van der Waals surface area contributed by atoms with E-state index < -0.39 is 0 Å². The van der Waals surface area contributed by atoms with Crippen LogP contribution in [-0.4, -0.2) is 59.6 Å². The highest BCUT2D eigenvalue weighted by molar-refractivity contribution is 5.92. The molecule has 7 nitrogen and oxygen atoms in total. The van der Waals surface area contributed by atoms with Gasteiger partial charge in [-0.25, -0.2) is 9.97 Å². The van der Waals surface area contributed by atoms with E-state index in [-0.39, 0.29) is 12.0 Å². The Hall–Kier alpha value is -2.67. The summed E-state index contributed by atoms with van der Waals surface area (Å²) in [5.74, 6) is 1.70. The predicted octanol–water partition coefficient (Wildman–Crippen LogP) is 1.56. The lowest BCUT2D eigenvalue weighted by atomic mass is 10.1. The van der Waals surface area contributed by atoms with E-state index in [1.54, 1.807) is 12.4 Å². The van der Waals surface area contributed by atoms with Crippen molar-refractivity contribution in [3.8, 4) is 5.75 Å². The van der Waals surface area contributed by atoms with Gasteiger partial charge in [-0.05, 0) is 36.8 Å². The van der Waals surface area contributed by atoms with Crippen LogP contribution in [0.1, 0.15) is 12.5 Å². The molecule has 1 aromatic heterocycles. The fourth-order valence-corrected chi connectivity index (χ4v) is 3.46. The molecular weight excluding hydrogens is 330 g/mol. The SMILES string of the molecule is CC1Cc2cc(NC(=O)CN3CCN(c4ncccn4)CC3)ccc2O1. The van der Waals surface area contributed by atoms with E-state index >= 15 is 0 Å². The van der Waals surface area contributed by atoms with E-state index in [1.807, 2.05) is 24.3 Å². The molecule has 7 heteroatoms. The number of carbonyl (C=O) groups is 1. The number of hydrogen-bond acceptors (Lipinski definition) is 6. The van der Waals surface area contributed by atoms with Crippen molar-refractivity contribution in [2.45, 2.75) is 19.4 Å². The zero-order valence-corrected chi connectivity index (χ0v) is 14.9. The quantitative estimate of drug-likeness (QED) is 0.900. The van der Waals surface area contributed by atoms with Gasteiger partial charge in [-0.2, -0.15) is 0 Å². The molecule has 0 radical (unpaired) electrons. The average Bonchev–Trinajstić information content (AvgIpc) is 3.02. The molecule has 1 atom stereocenters. The molecule has 0 bridgehead atoms. The number of ether oxygens (including phenoxy) is 1. The van der Waals surface area contributed by atoms with Crippen LogP contribution in [-0.2, 0) is 11.2 Å². The summed E-state index contributed by atoms with van der Waals surface area (Å²) in [5, 5.41) is 3.00. The van der Waals surface area contributed by atoms with Crippen molar-refractivity contribution in [1.29, 1.82) is 0 Å².